The van der Waals surface area contributed by atoms with Crippen molar-refractivity contribution in [3.8, 4) is 11.5 Å². The molecule has 0 aliphatic rings. The van der Waals surface area contributed by atoms with Gasteiger partial charge in [0.05, 0.1) is 16.7 Å². The molecule has 6 nitrogen and oxygen atoms in total. The number of halogens is 1. The smallest absolute Gasteiger partial charge is 0.323 e. The normalized spacial score (nSPS) is 10.9. The molecule has 5 N–H and O–H groups in total. The van der Waals surface area contributed by atoms with Crippen LogP contribution in [0, 0.1) is 0 Å². The van der Waals surface area contributed by atoms with E-state index >= 15 is 0 Å². The monoisotopic (exact) mass is 349 g/mol. The summed E-state index contributed by atoms with van der Waals surface area (Å²) in [5.74, 6) is 0.0403. The number of phenolic OH excluding ortho intramolecular Hbond substituents is 2. The van der Waals surface area contributed by atoms with Gasteiger partial charge in [0.25, 0.3) is 0 Å². The van der Waals surface area contributed by atoms with Crippen molar-refractivity contribution in [2.24, 2.45) is 0 Å². The SMILES string of the molecule is O=c1[nH]c2cc(Br)c(NCc3ccc(O)cc3O)cc2[nH]1. The van der Waals surface area contributed by atoms with Crippen molar-refractivity contribution >= 4 is 32.7 Å². The van der Waals surface area contributed by atoms with Crippen LogP contribution in [0.3, 0.4) is 0 Å². The molecule has 21 heavy (non-hydrogen) atoms. The molecule has 1 heterocycles. The van der Waals surface area contributed by atoms with E-state index in [1.807, 2.05) is 0 Å². The summed E-state index contributed by atoms with van der Waals surface area (Å²) in [7, 11) is 0. The number of aromatic amines is 2. The lowest BCUT2D eigenvalue weighted by Gasteiger charge is -2.10. The Labute approximate surface area is 127 Å². The molecule has 3 rings (SSSR count). The van der Waals surface area contributed by atoms with E-state index in [0.717, 1.165) is 10.2 Å². The van der Waals surface area contributed by atoms with Crippen molar-refractivity contribution < 1.29 is 10.2 Å². The van der Waals surface area contributed by atoms with Gasteiger partial charge >= 0.3 is 5.69 Å². The van der Waals surface area contributed by atoms with Gasteiger partial charge in [-0.25, -0.2) is 4.79 Å². The first-order valence-electron chi connectivity index (χ1n) is 6.19. The quantitative estimate of drug-likeness (QED) is 0.501. The number of anilines is 1. The molecule has 0 atom stereocenters. The average Bonchev–Trinajstić information content (AvgIpc) is 2.76. The molecule has 0 amide bonds. The average molecular weight is 350 g/mol. The second-order valence-electron chi connectivity index (χ2n) is 4.62. The minimum Gasteiger partial charge on any atom is -0.508 e. The summed E-state index contributed by atoms with van der Waals surface area (Å²) in [5.41, 5.74) is 2.59. The van der Waals surface area contributed by atoms with E-state index in [4.69, 9.17) is 0 Å². The number of nitrogens with one attached hydrogen (secondary N) is 3. The molecular weight excluding hydrogens is 338 g/mol. The van der Waals surface area contributed by atoms with Crippen molar-refractivity contribution in [1.82, 2.24) is 9.97 Å². The summed E-state index contributed by atoms with van der Waals surface area (Å²) in [6, 6.07) is 8.04. The van der Waals surface area contributed by atoms with Gasteiger partial charge < -0.3 is 25.5 Å². The molecule has 2 aromatic carbocycles. The summed E-state index contributed by atoms with van der Waals surface area (Å²) < 4.78 is 0.795. The van der Waals surface area contributed by atoms with Gasteiger partial charge in [-0.05, 0) is 40.2 Å². The largest absolute Gasteiger partial charge is 0.508 e. The van der Waals surface area contributed by atoms with Gasteiger partial charge in [0.15, 0.2) is 0 Å². The molecule has 0 fully saturated rings. The third-order valence-electron chi connectivity index (χ3n) is 3.14. The Morgan fingerprint density at radius 2 is 1.81 bits per heavy atom. The van der Waals surface area contributed by atoms with Crippen LogP contribution in [0.15, 0.2) is 39.6 Å². The van der Waals surface area contributed by atoms with Crippen LogP contribution in [0.4, 0.5) is 5.69 Å². The maximum Gasteiger partial charge on any atom is 0.323 e. The van der Waals surface area contributed by atoms with Crippen LogP contribution in [0.1, 0.15) is 5.56 Å². The molecule has 0 saturated carbocycles. The molecule has 7 heteroatoms. The Bertz CT molecular complexity index is 870. The number of hydrogen-bond donors (Lipinski definition) is 5. The first kappa shape index (κ1) is 13.6. The molecular formula is C14H12BrN3O3. The van der Waals surface area contributed by atoms with Gasteiger partial charge in [-0.3, -0.25) is 0 Å². The number of aromatic nitrogens is 2. The fourth-order valence-electron chi connectivity index (χ4n) is 2.08. The van der Waals surface area contributed by atoms with Gasteiger partial charge in [-0.2, -0.15) is 0 Å². The van der Waals surface area contributed by atoms with Gasteiger partial charge in [0.2, 0.25) is 0 Å². The topological polar surface area (TPSA) is 101 Å². The highest BCUT2D eigenvalue weighted by Gasteiger charge is 2.07. The highest BCUT2D eigenvalue weighted by molar-refractivity contribution is 9.10. The lowest BCUT2D eigenvalue weighted by atomic mass is 10.2. The lowest BCUT2D eigenvalue weighted by Crippen LogP contribution is -2.00. The molecule has 0 saturated heterocycles. The zero-order valence-corrected chi connectivity index (χ0v) is 12.4. The molecule has 0 aliphatic carbocycles. The molecule has 0 radical (unpaired) electrons. The van der Waals surface area contributed by atoms with E-state index in [1.54, 1.807) is 18.2 Å². The third-order valence-corrected chi connectivity index (χ3v) is 3.80. The summed E-state index contributed by atoms with van der Waals surface area (Å²) in [5, 5.41) is 22.2. The standard InChI is InChI=1S/C14H12BrN3O3/c15-9-4-11-12(18-14(21)17-11)5-10(9)16-6-7-1-2-8(19)3-13(7)20/h1-5,16,19-20H,6H2,(H2,17,18,21). The number of phenols is 2. The summed E-state index contributed by atoms with van der Waals surface area (Å²) in [6.07, 6.45) is 0. The van der Waals surface area contributed by atoms with E-state index in [9.17, 15) is 15.0 Å². The van der Waals surface area contributed by atoms with Gasteiger partial charge in [-0.1, -0.05) is 0 Å². The van der Waals surface area contributed by atoms with Crippen molar-refractivity contribution in [3.63, 3.8) is 0 Å². The number of aromatic hydroxyl groups is 2. The second-order valence-corrected chi connectivity index (χ2v) is 5.48. The van der Waals surface area contributed by atoms with Crippen LogP contribution in [-0.2, 0) is 6.54 Å². The zero-order chi connectivity index (χ0) is 15.0. The van der Waals surface area contributed by atoms with E-state index in [2.05, 4.69) is 31.2 Å². The molecule has 0 spiro atoms. The second kappa shape index (κ2) is 5.17. The summed E-state index contributed by atoms with van der Waals surface area (Å²) in [4.78, 5) is 16.6. The number of H-pyrrole nitrogens is 2. The van der Waals surface area contributed by atoms with Crippen LogP contribution in [0.2, 0.25) is 0 Å². The third kappa shape index (κ3) is 2.73. The molecule has 108 valence electrons. The number of fused-ring (bicyclic) bond motifs is 1. The van der Waals surface area contributed by atoms with E-state index < -0.39 is 0 Å². The fourth-order valence-corrected chi connectivity index (χ4v) is 2.57. The van der Waals surface area contributed by atoms with Gasteiger partial charge in [-0.15, -0.1) is 0 Å². The van der Waals surface area contributed by atoms with E-state index in [0.29, 0.717) is 23.1 Å². The zero-order valence-electron chi connectivity index (χ0n) is 10.8. The highest BCUT2D eigenvalue weighted by atomic mass is 79.9. The van der Waals surface area contributed by atoms with Crippen molar-refractivity contribution in [3.05, 3.63) is 50.9 Å². The van der Waals surface area contributed by atoms with Crippen LogP contribution < -0.4 is 11.0 Å². The maximum absolute atomic E-state index is 11.3. The fraction of sp³-hybridized carbons (Fsp3) is 0.0714. The Hall–Kier alpha value is -2.41. The lowest BCUT2D eigenvalue weighted by molar-refractivity contribution is 0.446. The highest BCUT2D eigenvalue weighted by Crippen LogP contribution is 2.28. The molecule has 3 aromatic rings. The number of rotatable bonds is 3. The predicted octanol–water partition coefficient (Wildman–Crippen LogP) is 2.64. The summed E-state index contributed by atoms with van der Waals surface area (Å²) >= 11 is 3.43. The summed E-state index contributed by atoms with van der Waals surface area (Å²) in [6.45, 7) is 0.380. The minimum absolute atomic E-state index is 0.0174. The predicted molar refractivity (Wildman–Crippen MR) is 83.7 cm³/mol. The molecule has 1 aromatic heterocycles. The van der Waals surface area contributed by atoms with Crippen LogP contribution >= 0.6 is 15.9 Å². The molecule has 0 bridgehead atoms. The van der Waals surface area contributed by atoms with Crippen LogP contribution in [0.25, 0.3) is 11.0 Å². The Balaban J connectivity index is 1.87. The van der Waals surface area contributed by atoms with Crippen LogP contribution in [0.5, 0.6) is 11.5 Å². The van der Waals surface area contributed by atoms with Gasteiger partial charge in [0, 0.05) is 22.6 Å². The molecule has 0 unspecified atom stereocenters. The Kier molecular flexibility index (Phi) is 3.34. The Morgan fingerprint density at radius 3 is 2.52 bits per heavy atom. The van der Waals surface area contributed by atoms with E-state index in [1.165, 1.54) is 12.1 Å². The van der Waals surface area contributed by atoms with Crippen molar-refractivity contribution in [1.29, 1.82) is 0 Å². The number of imidazole rings is 1. The Morgan fingerprint density at radius 1 is 1.10 bits per heavy atom. The van der Waals surface area contributed by atoms with Gasteiger partial charge in [0.1, 0.15) is 11.5 Å². The number of benzene rings is 2. The maximum atomic E-state index is 11.3. The molecule has 0 aliphatic heterocycles. The minimum atomic E-state index is -0.259. The first-order valence-corrected chi connectivity index (χ1v) is 6.98. The number of hydrogen-bond acceptors (Lipinski definition) is 4. The van der Waals surface area contributed by atoms with Crippen LogP contribution in [-0.4, -0.2) is 20.2 Å². The van der Waals surface area contributed by atoms with Crippen molar-refractivity contribution in [2.75, 3.05) is 5.32 Å². The first-order chi connectivity index (χ1) is 10.0. The van der Waals surface area contributed by atoms with E-state index in [-0.39, 0.29) is 17.2 Å². The van der Waals surface area contributed by atoms with Crippen molar-refractivity contribution in [2.45, 2.75) is 6.54 Å².